The minimum Gasteiger partial charge on any atom is -0.477 e. The second-order valence-corrected chi connectivity index (χ2v) is 8.78. The van der Waals surface area contributed by atoms with Gasteiger partial charge in [-0.05, 0) is 63.3 Å². The number of rotatable bonds is 3. The molecule has 1 atom stereocenters. The van der Waals surface area contributed by atoms with Crippen LogP contribution in [0.2, 0.25) is 0 Å². The third-order valence-electron chi connectivity index (χ3n) is 5.24. The van der Waals surface area contributed by atoms with Crippen LogP contribution in [0.4, 0.5) is 0 Å². The lowest BCUT2D eigenvalue weighted by atomic mass is 9.98. The van der Waals surface area contributed by atoms with Gasteiger partial charge in [0.05, 0.1) is 18.9 Å². The van der Waals surface area contributed by atoms with Gasteiger partial charge in [0.15, 0.2) is 17.0 Å². The van der Waals surface area contributed by atoms with E-state index in [0.29, 0.717) is 5.56 Å². The van der Waals surface area contributed by atoms with E-state index in [2.05, 4.69) is 20.0 Å². The molecule has 11 nitrogen and oxygen atoms in total. The molecule has 11 heteroatoms. The zero-order valence-corrected chi connectivity index (χ0v) is 19.7. The molecule has 0 saturated carbocycles. The first kappa shape index (κ1) is 24.8. The summed E-state index contributed by atoms with van der Waals surface area (Å²) in [5.74, 6) is -2.20. The number of methoxy groups -OCH3 is 1. The number of nitrogens with two attached hydrogens (primary N) is 1. The third kappa shape index (κ3) is 5.20. The van der Waals surface area contributed by atoms with E-state index in [-0.39, 0.29) is 29.0 Å². The van der Waals surface area contributed by atoms with Gasteiger partial charge in [-0.15, -0.1) is 5.10 Å². The van der Waals surface area contributed by atoms with Gasteiger partial charge in [0.25, 0.3) is 0 Å². The molecule has 4 rings (SSSR count). The van der Waals surface area contributed by atoms with Crippen molar-refractivity contribution >= 4 is 23.6 Å². The fourth-order valence-electron chi connectivity index (χ4n) is 3.65. The van der Waals surface area contributed by atoms with Crippen LogP contribution in [0.15, 0.2) is 24.4 Å². The normalized spacial score (nSPS) is 14.7. The van der Waals surface area contributed by atoms with Crippen LogP contribution in [-0.2, 0) is 15.9 Å². The molecule has 0 aliphatic heterocycles. The lowest BCUT2D eigenvalue weighted by Crippen LogP contribution is -2.24. The summed E-state index contributed by atoms with van der Waals surface area (Å²) < 4.78 is 11.0. The van der Waals surface area contributed by atoms with Crippen molar-refractivity contribution in [2.24, 2.45) is 5.73 Å². The Hall–Kier alpha value is -3.86. The van der Waals surface area contributed by atoms with Crippen molar-refractivity contribution in [1.82, 2.24) is 19.8 Å². The molecule has 34 heavy (non-hydrogen) atoms. The van der Waals surface area contributed by atoms with E-state index in [1.165, 1.54) is 24.4 Å². The van der Waals surface area contributed by atoms with Gasteiger partial charge >= 0.3 is 17.9 Å². The Balaban J connectivity index is 0.000000192. The maximum absolute atomic E-state index is 12.1. The molecule has 2 aromatic heterocycles. The summed E-state index contributed by atoms with van der Waals surface area (Å²) in [5.41, 5.74) is 9.52. The molecule has 0 amide bonds. The number of aromatic nitrogens is 4. The van der Waals surface area contributed by atoms with Gasteiger partial charge in [0.2, 0.25) is 0 Å². The number of carbonyl (C=O) groups excluding carboxylic acids is 2. The van der Waals surface area contributed by atoms with Gasteiger partial charge in [-0.25, -0.2) is 19.4 Å². The second-order valence-electron chi connectivity index (χ2n) is 8.78. The highest BCUT2D eigenvalue weighted by atomic mass is 16.6. The number of hydrogen-bond donors (Lipinski definition) is 2. The first-order valence-corrected chi connectivity index (χ1v) is 10.6. The Morgan fingerprint density at radius 3 is 2.53 bits per heavy atom. The molecule has 3 N–H and O–H groups in total. The quantitative estimate of drug-likeness (QED) is 0.546. The van der Waals surface area contributed by atoms with Crippen molar-refractivity contribution in [2.45, 2.75) is 52.2 Å². The van der Waals surface area contributed by atoms with Crippen molar-refractivity contribution in [2.75, 3.05) is 7.11 Å². The molecule has 1 aliphatic carbocycles. The summed E-state index contributed by atoms with van der Waals surface area (Å²) in [6.07, 6.45) is 3.17. The molecule has 0 radical (unpaired) electrons. The maximum atomic E-state index is 12.1. The molecular weight excluding hydrogens is 442 g/mol. The highest BCUT2D eigenvalue weighted by Crippen LogP contribution is 2.33. The van der Waals surface area contributed by atoms with E-state index < -0.39 is 17.5 Å². The van der Waals surface area contributed by atoms with Crippen LogP contribution in [0.3, 0.4) is 0 Å². The van der Waals surface area contributed by atoms with Crippen molar-refractivity contribution in [1.29, 1.82) is 0 Å². The number of benzene rings is 1. The van der Waals surface area contributed by atoms with Gasteiger partial charge in [0, 0.05) is 12.1 Å². The van der Waals surface area contributed by atoms with Crippen LogP contribution in [0.1, 0.15) is 81.3 Å². The van der Waals surface area contributed by atoms with E-state index in [9.17, 15) is 14.4 Å². The van der Waals surface area contributed by atoms with Crippen LogP contribution < -0.4 is 5.73 Å². The first-order chi connectivity index (χ1) is 15.9. The molecule has 1 aliphatic rings. The van der Waals surface area contributed by atoms with Crippen molar-refractivity contribution in [3.8, 4) is 0 Å². The molecule has 0 spiro atoms. The number of carboxylic acid groups (broad SMARTS) is 1. The molecule has 0 saturated heterocycles. The minimum absolute atomic E-state index is 0.0394. The molecule has 1 aromatic carbocycles. The van der Waals surface area contributed by atoms with Gasteiger partial charge in [-0.3, -0.25) is 0 Å². The van der Waals surface area contributed by atoms with Crippen LogP contribution in [-0.4, -0.2) is 55.5 Å². The topological polar surface area (TPSA) is 159 Å². The highest BCUT2D eigenvalue weighted by molar-refractivity contribution is 5.93. The summed E-state index contributed by atoms with van der Waals surface area (Å²) >= 11 is 0. The molecule has 3 aromatic rings. The van der Waals surface area contributed by atoms with Crippen LogP contribution in [0, 0.1) is 6.92 Å². The summed E-state index contributed by atoms with van der Waals surface area (Å²) in [5, 5.41) is 15.9. The Morgan fingerprint density at radius 2 is 1.91 bits per heavy atom. The van der Waals surface area contributed by atoms with Crippen LogP contribution in [0.5, 0.6) is 0 Å². The number of esters is 2. The number of carboxylic acids is 1. The van der Waals surface area contributed by atoms with Gasteiger partial charge in [-0.2, -0.15) is 4.52 Å². The van der Waals surface area contributed by atoms with Crippen molar-refractivity contribution in [3.63, 3.8) is 0 Å². The summed E-state index contributed by atoms with van der Waals surface area (Å²) in [6.45, 7) is 7.62. The number of nitrogens with zero attached hydrogens (tertiary/aromatic N) is 4. The van der Waals surface area contributed by atoms with E-state index in [1.807, 2.05) is 39.8 Å². The largest absolute Gasteiger partial charge is 0.477 e. The number of hydrogen-bond acceptors (Lipinski definition) is 9. The Labute approximate surface area is 195 Å². The first-order valence-electron chi connectivity index (χ1n) is 10.6. The lowest BCUT2D eigenvalue weighted by Gasteiger charge is -2.21. The SMILES string of the molecule is COC(=O)c1cc(C(=O)O)nc2cnnn12.Cc1c(C(=O)OC(C)(C)C)ccc2c1CC[C@@H]2N. The van der Waals surface area contributed by atoms with E-state index in [0.717, 1.165) is 29.0 Å². The Bertz CT molecular complexity index is 1260. The molecule has 0 bridgehead atoms. The van der Waals surface area contributed by atoms with E-state index >= 15 is 0 Å². The minimum atomic E-state index is -1.24. The number of aromatic carboxylic acids is 1. The third-order valence-corrected chi connectivity index (χ3v) is 5.24. The molecule has 180 valence electrons. The number of ether oxygens (including phenoxy) is 2. The average molecular weight is 469 g/mol. The fraction of sp³-hybridized carbons (Fsp3) is 0.391. The van der Waals surface area contributed by atoms with Gasteiger partial charge in [-0.1, -0.05) is 11.3 Å². The fourth-order valence-corrected chi connectivity index (χ4v) is 3.65. The van der Waals surface area contributed by atoms with Crippen LogP contribution in [0.25, 0.3) is 5.65 Å². The number of fused-ring (bicyclic) bond motifs is 2. The molecule has 0 fully saturated rings. The highest BCUT2D eigenvalue weighted by Gasteiger charge is 2.26. The Kier molecular flexibility index (Phi) is 6.96. The zero-order valence-electron chi connectivity index (χ0n) is 19.7. The van der Waals surface area contributed by atoms with Crippen molar-refractivity contribution < 1.29 is 29.0 Å². The average Bonchev–Trinajstić information content (AvgIpc) is 3.39. The maximum Gasteiger partial charge on any atom is 0.356 e. The molecule has 0 unspecified atom stereocenters. The van der Waals surface area contributed by atoms with Gasteiger partial charge in [0.1, 0.15) is 5.60 Å². The predicted octanol–water partition coefficient (Wildman–Crippen LogP) is 2.51. The molecular formula is C23H27N5O6. The van der Waals surface area contributed by atoms with Gasteiger partial charge < -0.3 is 20.3 Å². The lowest BCUT2D eigenvalue weighted by molar-refractivity contribution is 0.00682. The predicted molar refractivity (Wildman–Crippen MR) is 121 cm³/mol. The van der Waals surface area contributed by atoms with Crippen LogP contribution >= 0.6 is 0 Å². The second kappa shape index (κ2) is 9.56. The summed E-state index contributed by atoms with van der Waals surface area (Å²) in [4.78, 5) is 38.0. The Morgan fingerprint density at radius 1 is 1.21 bits per heavy atom. The standard InChI is InChI=1S/C15H21NO2.C8H6N4O4/c1-9-10-7-8-13(16)12(10)6-5-11(9)14(17)18-15(2,3)4;1-16-8(15)5-2-4(7(13)14)10-6-3-9-11-12(5)6/h5-6,13H,7-8,16H2,1-4H3;2-3H,1H3,(H,13,14)/t13-;/m0./s1. The summed E-state index contributed by atoms with van der Waals surface area (Å²) in [7, 11) is 1.19. The molecule has 2 heterocycles. The zero-order chi connectivity index (χ0) is 25.2. The van der Waals surface area contributed by atoms with E-state index in [4.69, 9.17) is 15.6 Å². The summed E-state index contributed by atoms with van der Waals surface area (Å²) in [6, 6.07) is 5.01. The smallest absolute Gasteiger partial charge is 0.356 e. The monoisotopic (exact) mass is 469 g/mol. The van der Waals surface area contributed by atoms with E-state index in [1.54, 1.807) is 0 Å². The number of carbonyl (C=O) groups is 3. The van der Waals surface area contributed by atoms with Crippen molar-refractivity contribution in [3.05, 3.63) is 58.0 Å².